The molecule has 0 aromatic rings. The third-order valence-corrected chi connectivity index (χ3v) is 3.90. The first-order valence-corrected chi connectivity index (χ1v) is 6.78. The van der Waals surface area contributed by atoms with E-state index in [2.05, 4.69) is 0 Å². The second-order valence-electron chi connectivity index (χ2n) is 5.50. The van der Waals surface area contributed by atoms with Crippen molar-refractivity contribution >= 4 is 0 Å². The normalized spacial score (nSPS) is 55.4. The zero-order valence-electron chi connectivity index (χ0n) is 11.7. The van der Waals surface area contributed by atoms with Crippen LogP contribution < -0.4 is 0 Å². The van der Waals surface area contributed by atoms with E-state index in [9.17, 15) is 30.6 Å². The maximum absolute atomic E-state index is 9.91. The molecule has 0 unspecified atom stereocenters. The van der Waals surface area contributed by atoms with Gasteiger partial charge in [-0.05, 0) is 13.8 Å². The molecule has 2 fully saturated rings. The molecular weight excluding hydrogens is 288 g/mol. The van der Waals surface area contributed by atoms with Crippen LogP contribution in [0.15, 0.2) is 0 Å². The molecule has 2 aliphatic rings. The number of aliphatic hydroxyl groups is 6. The van der Waals surface area contributed by atoms with Crippen molar-refractivity contribution in [1.29, 1.82) is 0 Å². The fourth-order valence-electron chi connectivity index (χ4n) is 2.49. The van der Waals surface area contributed by atoms with Crippen LogP contribution in [0.3, 0.4) is 0 Å². The van der Waals surface area contributed by atoms with E-state index in [1.807, 2.05) is 0 Å². The smallest absolute Gasteiger partial charge is 0.187 e. The van der Waals surface area contributed by atoms with Gasteiger partial charge in [-0.2, -0.15) is 0 Å². The zero-order chi connectivity index (χ0) is 15.9. The molecule has 9 nitrogen and oxygen atoms in total. The average Bonchev–Trinajstić information content (AvgIpc) is 2.44. The van der Waals surface area contributed by atoms with Crippen LogP contribution >= 0.6 is 0 Å². The van der Waals surface area contributed by atoms with Crippen LogP contribution in [0.4, 0.5) is 0 Å². The van der Waals surface area contributed by atoms with E-state index >= 15 is 0 Å². The van der Waals surface area contributed by atoms with Gasteiger partial charge in [0.05, 0.1) is 12.2 Å². The third-order valence-electron chi connectivity index (χ3n) is 3.90. The number of hydrogen-bond acceptors (Lipinski definition) is 9. The largest absolute Gasteiger partial charge is 0.388 e. The van der Waals surface area contributed by atoms with Crippen molar-refractivity contribution in [3.8, 4) is 0 Å². The van der Waals surface area contributed by atoms with E-state index in [-0.39, 0.29) is 0 Å². The average molecular weight is 310 g/mol. The molecule has 0 aliphatic carbocycles. The highest BCUT2D eigenvalue weighted by Gasteiger charge is 2.48. The van der Waals surface area contributed by atoms with Gasteiger partial charge in [0, 0.05) is 0 Å². The second-order valence-corrected chi connectivity index (χ2v) is 5.50. The summed E-state index contributed by atoms with van der Waals surface area (Å²) in [5.74, 6) is 0. The molecule has 21 heavy (non-hydrogen) atoms. The molecule has 9 heteroatoms. The van der Waals surface area contributed by atoms with Gasteiger partial charge in [0.25, 0.3) is 0 Å². The predicted octanol–water partition coefficient (Wildman–Crippen LogP) is -3.34. The molecule has 0 saturated carbocycles. The Kier molecular flexibility index (Phi) is 5.19. The Bertz CT molecular complexity index is 354. The minimum Gasteiger partial charge on any atom is -0.388 e. The summed E-state index contributed by atoms with van der Waals surface area (Å²) < 4.78 is 15.6. The third kappa shape index (κ3) is 3.21. The van der Waals surface area contributed by atoms with Gasteiger partial charge in [0.15, 0.2) is 12.6 Å². The van der Waals surface area contributed by atoms with Crippen LogP contribution in [0.2, 0.25) is 0 Å². The molecule has 0 spiro atoms. The molecule has 10 atom stereocenters. The van der Waals surface area contributed by atoms with Gasteiger partial charge < -0.3 is 44.8 Å². The fourth-order valence-corrected chi connectivity index (χ4v) is 2.49. The summed E-state index contributed by atoms with van der Waals surface area (Å²) in [5.41, 5.74) is 0. The Morgan fingerprint density at radius 1 is 0.667 bits per heavy atom. The van der Waals surface area contributed by atoms with Crippen LogP contribution in [0.5, 0.6) is 0 Å². The summed E-state index contributed by atoms with van der Waals surface area (Å²) in [6.45, 7) is 3.00. The Hall–Kier alpha value is -0.360. The monoisotopic (exact) mass is 310 g/mol. The van der Waals surface area contributed by atoms with Crippen molar-refractivity contribution < 1.29 is 44.8 Å². The molecular formula is C12H22O9. The maximum atomic E-state index is 9.91. The van der Waals surface area contributed by atoms with E-state index < -0.39 is 61.4 Å². The van der Waals surface area contributed by atoms with Crippen LogP contribution in [0.1, 0.15) is 13.8 Å². The fraction of sp³-hybridized carbons (Fsp3) is 1.00. The highest BCUT2D eigenvalue weighted by molar-refractivity contribution is 4.91. The van der Waals surface area contributed by atoms with Crippen molar-refractivity contribution in [3.63, 3.8) is 0 Å². The lowest BCUT2D eigenvalue weighted by atomic mass is 9.98. The summed E-state index contributed by atoms with van der Waals surface area (Å²) >= 11 is 0. The molecule has 6 N–H and O–H groups in total. The van der Waals surface area contributed by atoms with Crippen molar-refractivity contribution in [1.82, 2.24) is 0 Å². The summed E-state index contributed by atoms with van der Waals surface area (Å²) in [6, 6.07) is 0. The van der Waals surface area contributed by atoms with Crippen molar-refractivity contribution in [3.05, 3.63) is 0 Å². The summed E-state index contributed by atoms with van der Waals surface area (Å²) in [4.78, 5) is 0. The molecule has 0 aromatic carbocycles. The van der Waals surface area contributed by atoms with E-state index in [4.69, 9.17) is 14.2 Å². The van der Waals surface area contributed by atoms with Crippen molar-refractivity contribution in [2.24, 2.45) is 0 Å². The second kappa shape index (κ2) is 6.41. The van der Waals surface area contributed by atoms with Gasteiger partial charge in [-0.1, -0.05) is 0 Å². The molecule has 2 saturated heterocycles. The van der Waals surface area contributed by atoms with Gasteiger partial charge in [-0.25, -0.2) is 0 Å². The molecule has 0 bridgehead atoms. The highest BCUT2D eigenvalue weighted by atomic mass is 16.7. The molecule has 2 rings (SSSR count). The Morgan fingerprint density at radius 2 is 1.29 bits per heavy atom. The van der Waals surface area contributed by atoms with Gasteiger partial charge >= 0.3 is 0 Å². The standard InChI is InChI=1S/C12H22O9/c1-3-5(13)6(14)9(17)12(20-3)21-10-4(2)19-11(18)8(16)7(10)15/h3-18H,1-2H3/t3-,4-,5-,6+,7-,8+,9+,10-,11+,12-/m0/s1. The SMILES string of the molecule is C[C@@H]1O[C@@H](O[C@@H]2[C@@H](O)[C@@H](O)[C@H](O)O[C@H]2C)[C@H](O)[C@H](O)[C@H]1O. The maximum Gasteiger partial charge on any atom is 0.187 e. The summed E-state index contributed by atoms with van der Waals surface area (Å²) in [6.07, 6.45) is -12.8. The highest BCUT2D eigenvalue weighted by Crippen LogP contribution is 2.28. The van der Waals surface area contributed by atoms with E-state index in [1.54, 1.807) is 0 Å². The van der Waals surface area contributed by atoms with Crippen LogP contribution in [-0.2, 0) is 14.2 Å². The first-order valence-electron chi connectivity index (χ1n) is 6.78. The Morgan fingerprint density at radius 3 is 1.90 bits per heavy atom. The number of rotatable bonds is 2. The topological polar surface area (TPSA) is 149 Å². The van der Waals surface area contributed by atoms with Crippen molar-refractivity contribution in [2.45, 2.75) is 75.3 Å². The van der Waals surface area contributed by atoms with E-state index in [0.717, 1.165) is 0 Å². The minimum absolute atomic E-state index is 0.784. The van der Waals surface area contributed by atoms with E-state index in [0.29, 0.717) is 0 Å². The summed E-state index contributed by atoms with van der Waals surface area (Å²) in [5, 5.41) is 58.0. The molecule has 2 aliphatic heterocycles. The molecule has 0 aromatic heterocycles. The first-order chi connectivity index (χ1) is 9.73. The Balaban J connectivity index is 2.06. The van der Waals surface area contributed by atoms with E-state index in [1.165, 1.54) is 13.8 Å². The van der Waals surface area contributed by atoms with Gasteiger partial charge in [0.1, 0.15) is 36.6 Å². The predicted molar refractivity (Wildman–Crippen MR) is 65.8 cm³/mol. The van der Waals surface area contributed by atoms with Gasteiger partial charge in [0.2, 0.25) is 0 Å². The number of hydrogen-bond donors (Lipinski definition) is 6. The lowest BCUT2D eigenvalue weighted by molar-refractivity contribution is -0.348. The van der Waals surface area contributed by atoms with Crippen molar-refractivity contribution in [2.75, 3.05) is 0 Å². The zero-order valence-corrected chi connectivity index (χ0v) is 11.7. The number of aliphatic hydroxyl groups excluding tert-OH is 6. The molecule has 0 amide bonds. The molecule has 0 radical (unpaired) electrons. The summed E-state index contributed by atoms with van der Waals surface area (Å²) in [7, 11) is 0. The Labute approximate surface area is 121 Å². The lowest BCUT2D eigenvalue weighted by Crippen LogP contribution is -2.62. The van der Waals surface area contributed by atoms with Crippen LogP contribution in [-0.4, -0.2) is 92.1 Å². The lowest BCUT2D eigenvalue weighted by Gasteiger charge is -2.44. The molecule has 124 valence electrons. The first kappa shape index (κ1) is 17.0. The van der Waals surface area contributed by atoms with Gasteiger partial charge in [-0.3, -0.25) is 0 Å². The van der Waals surface area contributed by atoms with Crippen LogP contribution in [0.25, 0.3) is 0 Å². The molecule has 2 heterocycles. The minimum atomic E-state index is -1.57. The van der Waals surface area contributed by atoms with Crippen LogP contribution in [0, 0.1) is 0 Å². The van der Waals surface area contributed by atoms with Gasteiger partial charge in [-0.15, -0.1) is 0 Å². The quantitative estimate of drug-likeness (QED) is 0.308. The number of ether oxygens (including phenoxy) is 3.